The quantitative estimate of drug-likeness (QED) is 0.642. The number of aromatic nitrogens is 2. The van der Waals surface area contributed by atoms with E-state index >= 15 is 0 Å². The maximum absolute atomic E-state index is 13.8. The number of imidazole rings is 1. The molecule has 0 radical (unpaired) electrons. The van der Waals surface area contributed by atoms with Gasteiger partial charge in [0.1, 0.15) is 11.6 Å². The average molecular weight is 453 g/mol. The van der Waals surface area contributed by atoms with Gasteiger partial charge in [-0.15, -0.1) is 0 Å². The molecule has 0 bridgehead atoms. The van der Waals surface area contributed by atoms with Crippen LogP contribution < -0.4 is 5.32 Å². The molecule has 2 unspecified atom stereocenters. The summed E-state index contributed by atoms with van der Waals surface area (Å²) in [6.45, 7) is 0.306. The Morgan fingerprint density at radius 3 is 2.47 bits per heavy atom. The van der Waals surface area contributed by atoms with Crippen molar-refractivity contribution in [2.45, 2.75) is 17.0 Å². The number of sulfonamides is 1. The Hall–Kier alpha value is -2.49. The highest BCUT2D eigenvalue weighted by atomic mass is 35.5. The highest BCUT2D eigenvalue weighted by Gasteiger charge is 2.41. The summed E-state index contributed by atoms with van der Waals surface area (Å²) in [6.07, 6.45) is 2.86. The topological polar surface area (TPSA) is 67.2 Å². The van der Waals surface area contributed by atoms with Crippen molar-refractivity contribution in [3.05, 3.63) is 77.2 Å². The lowest BCUT2D eigenvalue weighted by Crippen LogP contribution is -2.32. The van der Waals surface area contributed by atoms with Gasteiger partial charge in [0.05, 0.1) is 6.33 Å². The van der Waals surface area contributed by atoms with Crippen molar-refractivity contribution in [2.75, 3.05) is 18.4 Å². The van der Waals surface area contributed by atoms with Crippen molar-refractivity contribution in [3.63, 3.8) is 0 Å². The van der Waals surface area contributed by atoms with E-state index in [2.05, 4.69) is 10.3 Å². The molecule has 6 nitrogen and oxygen atoms in total. The smallest absolute Gasteiger partial charge is 0.262 e. The number of anilines is 1. The van der Waals surface area contributed by atoms with Gasteiger partial charge in [0.2, 0.25) is 0 Å². The van der Waals surface area contributed by atoms with Crippen LogP contribution in [-0.2, 0) is 17.1 Å². The van der Waals surface area contributed by atoms with Crippen molar-refractivity contribution in [1.82, 2.24) is 13.9 Å². The lowest BCUT2D eigenvalue weighted by atomic mass is 9.94. The molecule has 1 aliphatic rings. The highest BCUT2D eigenvalue weighted by molar-refractivity contribution is 7.89. The van der Waals surface area contributed by atoms with E-state index in [-0.39, 0.29) is 40.9 Å². The molecule has 0 aliphatic carbocycles. The summed E-state index contributed by atoms with van der Waals surface area (Å²) in [6, 6.07) is 9.60. The summed E-state index contributed by atoms with van der Waals surface area (Å²) in [5.41, 5.74) is 1.21. The number of aryl methyl sites for hydroxylation is 1. The zero-order chi connectivity index (χ0) is 21.5. The van der Waals surface area contributed by atoms with Crippen LogP contribution in [0.2, 0.25) is 5.02 Å². The summed E-state index contributed by atoms with van der Waals surface area (Å²) < 4.78 is 56.2. The van der Waals surface area contributed by atoms with E-state index < -0.39 is 15.8 Å². The molecule has 158 valence electrons. The minimum absolute atomic E-state index is 0.0442. The van der Waals surface area contributed by atoms with Gasteiger partial charge in [-0.3, -0.25) is 0 Å². The Morgan fingerprint density at radius 1 is 1.10 bits per heavy atom. The summed E-state index contributed by atoms with van der Waals surface area (Å²) in [7, 11) is -2.13. The first kappa shape index (κ1) is 20.8. The molecule has 1 aliphatic heterocycles. The highest BCUT2D eigenvalue weighted by Crippen LogP contribution is 2.33. The van der Waals surface area contributed by atoms with Gasteiger partial charge in [0, 0.05) is 49.0 Å². The average Bonchev–Trinajstić information content (AvgIpc) is 3.29. The zero-order valence-electron chi connectivity index (χ0n) is 16.0. The van der Waals surface area contributed by atoms with E-state index in [9.17, 15) is 17.2 Å². The van der Waals surface area contributed by atoms with Crippen LogP contribution >= 0.6 is 11.6 Å². The molecule has 3 aromatic rings. The van der Waals surface area contributed by atoms with Crippen LogP contribution in [0, 0.1) is 11.6 Å². The lowest BCUT2D eigenvalue weighted by molar-refractivity contribution is 0.468. The second kappa shape index (κ2) is 7.98. The molecule has 0 saturated carbocycles. The summed E-state index contributed by atoms with van der Waals surface area (Å²) in [5.74, 6) is -1.17. The lowest BCUT2D eigenvalue weighted by Gasteiger charge is -2.21. The third-order valence-corrected chi connectivity index (χ3v) is 7.02. The van der Waals surface area contributed by atoms with E-state index in [0.717, 1.165) is 5.56 Å². The van der Waals surface area contributed by atoms with Crippen molar-refractivity contribution in [3.8, 4) is 0 Å². The van der Waals surface area contributed by atoms with E-state index in [4.69, 9.17) is 11.6 Å². The molecule has 1 N–H and O–H groups in total. The van der Waals surface area contributed by atoms with Crippen LogP contribution in [0.5, 0.6) is 0 Å². The van der Waals surface area contributed by atoms with Gasteiger partial charge in [-0.25, -0.2) is 22.2 Å². The van der Waals surface area contributed by atoms with Crippen LogP contribution in [0.3, 0.4) is 0 Å². The van der Waals surface area contributed by atoms with Crippen molar-refractivity contribution >= 4 is 27.3 Å². The molecule has 2 heterocycles. The van der Waals surface area contributed by atoms with Gasteiger partial charge in [0.15, 0.2) is 5.03 Å². The van der Waals surface area contributed by atoms with Crippen molar-refractivity contribution in [2.24, 2.45) is 7.05 Å². The van der Waals surface area contributed by atoms with E-state index in [1.165, 1.54) is 41.1 Å². The molecule has 1 saturated heterocycles. The Kier molecular flexibility index (Phi) is 5.52. The van der Waals surface area contributed by atoms with E-state index in [1.807, 2.05) is 0 Å². The van der Waals surface area contributed by atoms with Crippen molar-refractivity contribution in [1.29, 1.82) is 0 Å². The molecular formula is C20H19ClF2N4O2S. The van der Waals surface area contributed by atoms with Crippen LogP contribution in [-0.4, -0.2) is 41.4 Å². The van der Waals surface area contributed by atoms with Gasteiger partial charge in [0.25, 0.3) is 10.0 Å². The Balaban J connectivity index is 1.67. The summed E-state index contributed by atoms with van der Waals surface area (Å²) in [4.78, 5) is 3.97. The first-order valence-electron chi connectivity index (χ1n) is 9.18. The number of nitrogens with one attached hydrogen (secondary N) is 1. The molecule has 4 rings (SSSR count). The van der Waals surface area contributed by atoms with Crippen LogP contribution in [0.15, 0.2) is 60.0 Å². The number of hydrogen-bond donors (Lipinski definition) is 1. The zero-order valence-corrected chi connectivity index (χ0v) is 17.5. The van der Waals surface area contributed by atoms with E-state index in [1.54, 1.807) is 29.8 Å². The molecular weight excluding hydrogens is 434 g/mol. The number of rotatable bonds is 5. The van der Waals surface area contributed by atoms with Crippen LogP contribution in [0.1, 0.15) is 11.5 Å². The molecule has 1 fully saturated rings. The molecule has 0 spiro atoms. The van der Waals surface area contributed by atoms with Gasteiger partial charge < -0.3 is 9.88 Å². The molecule has 1 aromatic heterocycles. The monoisotopic (exact) mass is 452 g/mol. The third kappa shape index (κ3) is 4.19. The summed E-state index contributed by atoms with van der Waals surface area (Å²) >= 11 is 5.95. The first-order chi connectivity index (χ1) is 14.2. The minimum Gasteiger partial charge on any atom is -0.380 e. The number of halogens is 3. The fourth-order valence-electron chi connectivity index (χ4n) is 3.66. The predicted octanol–water partition coefficient (Wildman–Crippen LogP) is 3.62. The molecule has 0 amide bonds. The Bertz CT molecular complexity index is 1150. The second-order valence-corrected chi connectivity index (χ2v) is 9.59. The standard InChI is InChI=1S/C20H19ClF2N4O2S/c1-26-11-20(24-12-26)30(28,29)27-9-18(13-2-4-15(22)5-3-13)19(10-27)25-17-7-14(21)6-16(23)8-17/h2-8,11-12,18-19,25H,9-10H2,1H3. The number of nitrogens with zero attached hydrogens (tertiary/aromatic N) is 3. The van der Waals surface area contributed by atoms with Crippen molar-refractivity contribution < 1.29 is 17.2 Å². The van der Waals surface area contributed by atoms with Gasteiger partial charge in [-0.1, -0.05) is 23.7 Å². The molecule has 2 atom stereocenters. The third-order valence-electron chi connectivity index (χ3n) is 5.08. The molecule has 2 aromatic carbocycles. The second-order valence-electron chi connectivity index (χ2n) is 7.27. The maximum atomic E-state index is 13.8. The minimum atomic E-state index is -3.82. The molecule has 30 heavy (non-hydrogen) atoms. The normalized spacial score (nSPS) is 19.9. The summed E-state index contributed by atoms with van der Waals surface area (Å²) in [5, 5.41) is 3.38. The van der Waals surface area contributed by atoms with Crippen LogP contribution in [0.4, 0.5) is 14.5 Å². The van der Waals surface area contributed by atoms with Gasteiger partial charge >= 0.3 is 0 Å². The molecule has 10 heteroatoms. The Morgan fingerprint density at radius 2 is 1.83 bits per heavy atom. The maximum Gasteiger partial charge on any atom is 0.262 e. The SMILES string of the molecule is Cn1cnc(S(=O)(=O)N2CC(Nc3cc(F)cc(Cl)c3)C(c3ccc(F)cc3)C2)c1. The predicted molar refractivity (Wildman–Crippen MR) is 110 cm³/mol. The largest absolute Gasteiger partial charge is 0.380 e. The number of hydrogen-bond acceptors (Lipinski definition) is 4. The number of benzene rings is 2. The van der Waals surface area contributed by atoms with Gasteiger partial charge in [-0.2, -0.15) is 4.31 Å². The van der Waals surface area contributed by atoms with Crippen LogP contribution in [0.25, 0.3) is 0 Å². The fourth-order valence-corrected chi connectivity index (χ4v) is 5.34. The fraction of sp³-hybridized carbons (Fsp3) is 0.250. The Labute approximate surface area is 178 Å². The van der Waals surface area contributed by atoms with E-state index in [0.29, 0.717) is 5.69 Å². The first-order valence-corrected chi connectivity index (χ1v) is 11.0. The van der Waals surface area contributed by atoms with Gasteiger partial charge in [-0.05, 0) is 35.9 Å².